The Labute approximate surface area is 124 Å². The predicted molar refractivity (Wildman–Crippen MR) is 79.7 cm³/mol. The van der Waals surface area contributed by atoms with Gasteiger partial charge in [0.25, 0.3) is 0 Å². The highest BCUT2D eigenvalue weighted by Gasteiger charge is 2.11. The maximum absolute atomic E-state index is 5.27. The molecule has 21 heavy (non-hydrogen) atoms. The molecular formula is C15H21N3O3. The van der Waals surface area contributed by atoms with Crippen LogP contribution >= 0.6 is 0 Å². The van der Waals surface area contributed by atoms with Crippen LogP contribution in [0.3, 0.4) is 0 Å². The van der Waals surface area contributed by atoms with Crippen molar-refractivity contribution < 1.29 is 14.0 Å². The fourth-order valence-electron chi connectivity index (χ4n) is 1.88. The van der Waals surface area contributed by atoms with Gasteiger partial charge in [0, 0.05) is 30.6 Å². The summed E-state index contributed by atoms with van der Waals surface area (Å²) in [6.07, 6.45) is 0.701. The first-order valence-corrected chi connectivity index (χ1v) is 6.91. The van der Waals surface area contributed by atoms with Crippen molar-refractivity contribution in [2.75, 3.05) is 20.8 Å². The first-order valence-electron chi connectivity index (χ1n) is 6.91. The fraction of sp³-hybridized carbons (Fsp3) is 0.467. The highest BCUT2D eigenvalue weighted by atomic mass is 16.5. The van der Waals surface area contributed by atoms with Crippen LogP contribution in [-0.2, 0) is 6.42 Å². The van der Waals surface area contributed by atoms with Gasteiger partial charge in [0.2, 0.25) is 11.7 Å². The van der Waals surface area contributed by atoms with Crippen LogP contribution in [0.4, 0.5) is 0 Å². The van der Waals surface area contributed by atoms with Gasteiger partial charge in [0.1, 0.15) is 11.5 Å². The number of rotatable bonds is 7. The average Bonchev–Trinajstić information content (AvgIpc) is 2.95. The van der Waals surface area contributed by atoms with Gasteiger partial charge in [-0.15, -0.1) is 0 Å². The molecule has 1 N–H and O–H groups in total. The molecule has 0 aliphatic rings. The third kappa shape index (κ3) is 4.19. The van der Waals surface area contributed by atoms with Gasteiger partial charge >= 0.3 is 0 Å². The van der Waals surface area contributed by atoms with Crippen molar-refractivity contribution in [3.8, 4) is 22.9 Å². The molecule has 0 spiro atoms. The van der Waals surface area contributed by atoms with Crippen molar-refractivity contribution in [3.05, 3.63) is 24.1 Å². The van der Waals surface area contributed by atoms with E-state index < -0.39 is 0 Å². The number of methoxy groups -OCH3 is 2. The first kappa shape index (κ1) is 15.3. The number of nitrogens with one attached hydrogen (secondary N) is 1. The van der Waals surface area contributed by atoms with E-state index >= 15 is 0 Å². The highest BCUT2D eigenvalue weighted by Crippen LogP contribution is 2.28. The summed E-state index contributed by atoms with van der Waals surface area (Å²) in [4.78, 5) is 4.40. The van der Waals surface area contributed by atoms with Crippen LogP contribution in [0.2, 0.25) is 0 Å². The molecule has 2 rings (SSSR count). The summed E-state index contributed by atoms with van der Waals surface area (Å²) in [5, 5.41) is 7.32. The summed E-state index contributed by atoms with van der Waals surface area (Å²) in [7, 11) is 3.22. The number of ether oxygens (including phenoxy) is 2. The molecule has 2 aromatic rings. The quantitative estimate of drug-likeness (QED) is 0.844. The van der Waals surface area contributed by atoms with Gasteiger partial charge in [-0.05, 0) is 12.1 Å². The zero-order valence-electron chi connectivity index (χ0n) is 12.8. The van der Waals surface area contributed by atoms with Crippen LogP contribution in [0.1, 0.15) is 19.7 Å². The lowest BCUT2D eigenvalue weighted by Gasteiger charge is -2.05. The van der Waals surface area contributed by atoms with Crippen LogP contribution in [0.15, 0.2) is 22.7 Å². The zero-order chi connectivity index (χ0) is 15.2. The normalized spacial score (nSPS) is 10.9. The number of aromatic nitrogens is 2. The smallest absolute Gasteiger partial charge is 0.228 e. The number of hydrogen-bond donors (Lipinski definition) is 1. The molecule has 0 saturated heterocycles. The van der Waals surface area contributed by atoms with Gasteiger partial charge in [-0.3, -0.25) is 0 Å². The molecule has 1 heterocycles. The maximum atomic E-state index is 5.27. The Morgan fingerprint density at radius 2 is 1.81 bits per heavy atom. The van der Waals surface area contributed by atoms with Crippen molar-refractivity contribution in [3.63, 3.8) is 0 Å². The highest BCUT2D eigenvalue weighted by molar-refractivity contribution is 5.60. The van der Waals surface area contributed by atoms with E-state index in [0.29, 0.717) is 35.7 Å². The van der Waals surface area contributed by atoms with Crippen LogP contribution in [0.5, 0.6) is 11.5 Å². The molecular weight excluding hydrogens is 270 g/mol. The molecule has 0 aliphatic carbocycles. The zero-order valence-corrected chi connectivity index (χ0v) is 12.8. The van der Waals surface area contributed by atoms with Gasteiger partial charge in [-0.25, -0.2) is 0 Å². The van der Waals surface area contributed by atoms with Crippen molar-refractivity contribution in [1.29, 1.82) is 0 Å². The Kier molecular flexibility index (Phi) is 5.16. The third-order valence-corrected chi connectivity index (χ3v) is 2.97. The molecule has 0 amide bonds. The second kappa shape index (κ2) is 7.08. The van der Waals surface area contributed by atoms with E-state index in [4.69, 9.17) is 14.0 Å². The molecule has 6 heteroatoms. The Hall–Kier alpha value is -2.08. The minimum atomic E-state index is 0.440. The van der Waals surface area contributed by atoms with Crippen molar-refractivity contribution >= 4 is 0 Å². The minimum absolute atomic E-state index is 0.440. The monoisotopic (exact) mass is 291 g/mol. The second-order valence-corrected chi connectivity index (χ2v) is 4.97. The second-order valence-electron chi connectivity index (χ2n) is 4.97. The molecule has 0 atom stereocenters. The van der Waals surface area contributed by atoms with E-state index in [1.807, 2.05) is 12.1 Å². The topological polar surface area (TPSA) is 69.4 Å². The van der Waals surface area contributed by atoms with E-state index in [2.05, 4.69) is 29.3 Å². The molecule has 6 nitrogen and oxygen atoms in total. The minimum Gasteiger partial charge on any atom is -0.497 e. The Morgan fingerprint density at radius 3 is 2.38 bits per heavy atom. The average molecular weight is 291 g/mol. The molecule has 1 aromatic carbocycles. The van der Waals surface area contributed by atoms with Gasteiger partial charge in [0.15, 0.2) is 0 Å². The van der Waals surface area contributed by atoms with Gasteiger partial charge in [-0.2, -0.15) is 4.98 Å². The lowest BCUT2D eigenvalue weighted by molar-refractivity contribution is 0.374. The van der Waals surface area contributed by atoms with Gasteiger partial charge in [-0.1, -0.05) is 19.0 Å². The summed E-state index contributed by atoms with van der Waals surface area (Å²) in [5.74, 6) is 2.53. The molecule has 1 aromatic heterocycles. The van der Waals surface area contributed by atoms with Crippen molar-refractivity contribution in [2.45, 2.75) is 26.3 Å². The Balaban J connectivity index is 2.13. The van der Waals surface area contributed by atoms with E-state index in [1.165, 1.54) is 0 Å². The summed E-state index contributed by atoms with van der Waals surface area (Å²) in [5.41, 5.74) is 0.804. The van der Waals surface area contributed by atoms with Crippen molar-refractivity contribution in [2.24, 2.45) is 0 Å². The Morgan fingerprint density at radius 1 is 1.14 bits per heavy atom. The maximum Gasteiger partial charge on any atom is 0.228 e. The summed E-state index contributed by atoms with van der Waals surface area (Å²) >= 11 is 0. The van der Waals surface area contributed by atoms with Gasteiger partial charge < -0.3 is 19.3 Å². The number of nitrogens with zero attached hydrogens (tertiary/aromatic N) is 2. The molecule has 0 aliphatic heterocycles. The van der Waals surface area contributed by atoms with E-state index in [9.17, 15) is 0 Å². The van der Waals surface area contributed by atoms with E-state index in [0.717, 1.165) is 12.1 Å². The molecule has 0 fully saturated rings. The molecule has 0 saturated carbocycles. The Bertz CT molecular complexity index is 559. The third-order valence-electron chi connectivity index (χ3n) is 2.97. The summed E-state index contributed by atoms with van der Waals surface area (Å²) in [6, 6.07) is 5.94. The molecule has 0 unspecified atom stereocenters. The fourth-order valence-corrected chi connectivity index (χ4v) is 1.88. The van der Waals surface area contributed by atoms with Crippen LogP contribution in [-0.4, -0.2) is 36.9 Å². The SMILES string of the molecule is COc1cc(OC)cc(-c2noc(CCNC(C)C)n2)c1. The lowest BCUT2D eigenvalue weighted by Crippen LogP contribution is -2.25. The van der Waals surface area contributed by atoms with Crippen molar-refractivity contribution in [1.82, 2.24) is 15.5 Å². The molecule has 0 bridgehead atoms. The van der Waals surface area contributed by atoms with E-state index in [1.54, 1.807) is 20.3 Å². The predicted octanol–water partition coefficient (Wildman–Crippen LogP) is 2.29. The number of benzene rings is 1. The van der Waals surface area contributed by atoms with Crippen LogP contribution in [0.25, 0.3) is 11.4 Å². The molecule has 0 radical (unpaired) electrons. The molecule has 114 valence electrons. The van der Waals surface area contributed by atoms with Crippen LogP contribution in [0, 0.1) is 0 Å². The standard InChI is InChI=1S/C15H21N3O3/c1-10(2)16-6-5-14-17-15(18-21-14)11-7-12(19-3)9-13(8-11)20-4/h7-10,16H,5-6H2,1-4H3. The van der Waals surface area contributed by atoms with E-state index in [-0.39, 0.29) is 0 Å². The largest absolute Gasteiger partial charge is 0.497 e. The van der Waals surface area contributed by atoms with Gasteiger partial charge in [0.05, 0.1) is 14.2 Å². The lowest BCUT2D eigenvalue weighted by atomic mass is 10.2. The summed E-state index contributed by atoms with van der Waals surface area (Å²) < 4.78 is 15.7. The number of hydrogen-bond acceptors (Lipinski definition) is 6. The summed E-state index contributed by atoms with van der Waals surface area (Å²) in [6.45, 7) is 5.00. The first-order chi connectivity index (χ1) is 10.1. The van der Waals surface area contributed by atoms with Crippen LogP contribution < -0.4 is 14.8 Å².